The fourth-order valence-corrected chi connectivity index (χ4v) is 3.52. The second kappa shape index (κ2) is 9.49. The Balaban J connectivity index is 1.78. The van der Waals surface area contributed by atoms with E-state index in [0.717, 1.165) is 24.4 Å². The van der Waals surface area contributed by atoms with Gasteiger partial charge in [-0.25, -0.2) is 0 Å². The van der Waals surface area contributed by atoms with Crippen molar-refractivity contribution < 1.29 is 19.2 Å². The number of benzene rings is 2. The normalized spacial score (nSPS) is 15.5. The summed E-state index contributed by atoms with van der Waals surface area (Å²) < 4.78 is 10.7. The highest BCUT2D eigenvalue weighted by atomic mass is 16.6. The highest BCUT2D eigenvalue weighted by Crippen LogP contribution is 2.25. The van der Waals surface area contributed by atoms with Gasteiger partial charge in [0.25, 0.3) is 11.6 Å². The number of amides is 1. The Morgan fingerprint density at radius 2 is 1.93 bits per heavy atom. The number of rotatable bonds is 7. The van der Waals surface area contributed by atoms with Crippen LogP contribution >= 0.6 is 0 Å². The molecule has 29 heavy (non-hydrogen) atoms. The second-order valence-corrected chi connectivity index (χ2v) is 6.85. The quantitative estimate of drug-likeness (QED) is 0.568. The predicted molar refractivity (Wildman–Crippen MR) is 108 cm³/mol. The van der Waals surface area contributed by atoms with E-state index in [1.165, 1.54) is 12.1 Å². The Kier molecular flexibility index (Phi) is 6.79. The fourth-order valence-electron chi connectivity index (χ4n) is 3.52. The lowest BCUT2D eigenvalue weighted by Gasteiger charge is -2.35. The average molecular weight is 399 g/mol. The van der Waals surface area contributed by atoms with Crippen molar-refractivity contribution in [2.24, 2.45) is 0 Å². The van der Waals surface area contributed by atoms with Gasteiger partial charge in [-0.05, 0) is 30.7 Å². The number of nitro benzene ring substituents is 1. The van der Waals surface area contributed by atoms with Crippen LogP contribution in [0.3, 0.4) is 0 Å². The number of carbonyl (C=O) groups is 1. The zero-order chi connectivity index (χ0) is 20.8. The van der Waals surface area contributed by atoms with Gasteiger partial charge in [0.05, 0.1) is 31.3 Å². The first-order valence-corrected chi connectivity index (χ1v) is 9.49. The van der Waals surface area contributed by atoms with Gasteiger partial charge in [0, 0.05) is 36.8 Å². The topological polar surface area (TPSA) is 93.9 Å². The Hall–Kier alpha value is -2.97. The van der Waals surface area contributed by atoms with E-state index in [4.69, 9.17) is 9.47 Å². The summed E-state index contributed by atoms with van der Waals surface area (Å²) in [5, 5.41) is 14.1. The van der Waals surface area contributed by atoms with E-state index >= 15 is 0 Å². The van der Waals surface area contributed by atoms with Crippen LogP contribution in [0.2, 0.25) is 0 Å². The molecule has 1 aliphatic rings. The molecule has 1 heterocycles. The van der Waals surface area contributed by atoms with Crippen molar-refractivity contribution in [3.05, 3.63) is 69.3 Å². The number of nitrogens with zero attached hydrogens (tertiary/aromatic N) is 2. The molecule has 1 aliphatic heterocycles. The molecule has 0 aliphatic carbocycles. The van der Waals surface area contributed by atoms with Gasteiger partial charge in [0.15, 0.2) is 0 Å². The van der Waals surface area contributed by atoms with Crippen LogP contribution in [0.4, 0.5) is 5.69 Å². The molecule has 8 nitrogen and oxygen atoms in total. The number of nitrogens with one attached hydrogen (secondary N) is 1. The van der Waals surface area contributed by atoms with Crippen molar-refractivity contribution in [1.29, 1.82) is 0 Å². The molecular formula is C21H25N3O5. The van der Waals surface area contributed by atoms with E-state index in [1.54, 1.807) is 20.1 Å². The zero-order valence-corrected chi connectivity index (χ0v) is 16.6. The summed E-state index contributed by atoms with van der Waals surface area (Å²) in [6, 6.07) is 12.3. The van der Waals surface area contributed by atoms with Gasteiger partial charge in [0.1, 0.15) is 5.75 Å². The minimum absolute atomic E-state index is 0.0345. The minimum Gasteiger partial charge on any atom is -0.497 e. The molecule has 0 saturated carbocycles. The SMILES string of the molecule is COc1ccc(C(CNC(=O)c2cccc([N+](=O)[O-])c2C)N2CCOCC2)cc1. The van der Waals surface area contributed by atoms with Gasteiger partial charge >= 0.3 is 0 Å². The number of ether oxygens (including phenoxy) is 2. The molecule has 0 aromatic heterocycles. The van der Waals surface area contributed by atoms with Crippen LogP contribution in [0.1, 0.15) is 27.5 Å². The highest BCUT2D eigenvalue weighted by Gasteiger charge is 2.24. The molecule has 8 heteroatoms. The summed E-state index contributed by atoms with van der Waals surface area (Å²) in [6.07, 6.45) is 0. The summed E-state index contributed by atoms with van der Waals surface area (Å²) >= 11 is 0. The second-order valence-electron chi connectivity index (χ2n) is 6.85. The van der Waals surface area contributed by atoms with Crippen LogP contribution in [0.25, 0.3) is 0 Å². The molecule has 1 atom stereocenters. The van der Waals surface area contributed by atoms with E-state index in [0.29, 0.717) is 30.9 Å². The van der Waals surface area contributed by atoms with E-state index in [2.05, 4.69) is 10.2 Å². The fraction of sp³-hybridized carbons (Fsp3) is 0.381. The highest BCUT2D eigenvalue weighted by molar-refractivity contribution is 5.96. The maximum absolute atomic E-state index is 12.8. The molecule has 1 unspecified atom stereocenters. The molecule has 154 valence electrons. The molecule has 1 amide bonds. The van der Waals surface area contributed by atoms with Crippen LogP contribution in [-0.4, -0.2) is 55.7 Å². The molecule has 1 N–H and O–H groups in total. The third-order valence-corrected chi connectivity index (χ3v) is 5.19. The van der Waals surface area contributed by atoms with Gasteiger partial charge in [-0.1, -0.05) is 18.2 Å². The number of morpholine rings is 1. The summed E-state index contributed by atoms with van der Waals surface area (Å²) in [7, 11) is 1.62. The van der Waals surface area contributed by atoms with Crippen molar-refractivity contribution >= 4 is 11.6 Å². The Morgan fingerprint density at radius 3 is 2.55 bits per heavy atom. The van der Waals surface area contributed by atoms with Crippen LogP contribution in [0, 0.1) is 17.0 Å². The average Bonchev–Trinajstić information content (AvgIpc) is 2.75. The number of methoxy groups -OCH3 is 1. The lowest BCUT2D eigenvalue weighted by Crippen LogP contribution is -2.43. The van der Waals surface area contributed by atoms with Gasteiger partial charge in [0.2, 0.25) is 0 Å². The number of hydrogen-bond donors (Lipinski definition) is 1. The summed E-state index contributed by atoms with van der Waals surface area (Å²) in [4.78, 5) is 25.7. The molecular weight excluding hydrogens is 374 g/mol. The molecule has 0 spiro atoms. The van der Waals surface area contributed by atoms with Crippen LogP contribution in [0.5, 0.6) is 5.75 Å². The first-order chi connectivity index (χ1) is 14.0. The maximum Gasteiger partial charge on any atom is 0.273 e. The van der Waals surface area contributed by atoms with Crippen LogP contribution < -0.4 is 10.1 Å². The number of nitro groups is 1. The Morgan fingerprint density at radius 1 is 1.24 bits per heavy atom. The molecule has 0 radical (unpaired) electrons. The Bertz CT molecular complexity index is 863. The van der Waals surface area contributed by atoms with Crippen LogP contribution in [-0.2, 0) is 4.74 Å². The van der Waals surface area contributed by atoms with Crippen molar-refractivity contribution in [3.8, 4) is 5.75 Å². The van der Waals surface area contributed by atoms with Crippen LogP contribution in [0.15, 0.2) is 42.5 Å². The van der Waals surface area contributed by atoms with Gasteiger partial charge < -0.3 is 14.8 Å². The van der Waals surface area contributed by atoms with Gasteiger partial charge in [-0.15, -0.1) is 0 Å². The lowest BCUT2D eigenvalue weighted by atomic mass is 10.0. The third kappa shape index (κ3) is 4.90. The summed E-state index contributed by atoms with van der Waals surface area (Å²) in [5.41, 5.74) is 1.68. The standard InChI is InChI=1S/C21H25N3O5/c1-15-18(4-3-5-19(15)24(26)27)21(25)22-14-20(23-10-12-29-13-11-23)16-6-8-17(28-2)9-7-16/h3-9,20H,10-14H2,1-2H3,(H,22,25). The van der Waals surface area contributed by atoms with Crippen molar-refractivity contribution in [3.63, 3.8) is 0 Å². The molecule has 0 bridgehead atoms. The lowest BCUT2D eigenvalue weighted by molar-refractivity contribution is -0.385. The first kappa shape index (κ1) is 20.8. The number of hydrogen-bond acceptors (Lipinski definition) is 6. The van der Waals surface area contributed by atoms with Gasteiger partial charge in [-0.2, -0.15) is 0 Å². The van der Waals surface area contributed by atoms with E-state index in [1.807, 2.05) is 24.3 Å². The predicted octanol–water partition coefficient (Wildman–Crippen LogP) is 2.72. The smallest absolute Gasteiger partial charge is 0.273 e. The van der Waals surface area contributed by atoms with Crippen molar-refractivity contribution in [2.75, 3.05) is 40.0 Å². The molecule has 2 aromatic carbocycles. The molecule has 1 fully saturated rings. The first-order valence-electron chi connectivity index (χ1n) is 9.49. The summed E-state index contributed by atoms with van der Waals surface area (Å²) in [6.45, 7) is 4.79. The molecule has 2 aromatic rings. The van der Waals surface area contributed by atoms with E-state index in [-0.39, 0.29) is 17.6 Å². The van der Waals surface area contributed by atoms with E-state index in [9.17, 15) is 14.9 Å². The van der Waals surface area contributed by atoms with Gasteiger partial charge in [-0.3, -0.25) is 19.8 Å². The summed E-state index contributed by atoms with van der Waals surface area (Å²) in [5.74, 6) is 0.448. The van der Waals surface area contributed by atoms with Crippen molar-refractivity contribution in [2.45, 2.75) is 13.0 Å². The van der Waals surface area contributed by atoms with Crippen molar-refractivity contribution in [1.82, 2.24) is 10.2 Å². The maximum atomic E-state index is 12.8. The zero-order valence-electron chi connectivity index (χ0n) is 16.6. The largest absolute Gasteiger partial charge is 0.497 e. The third-order valence-electron chi connectivity index (χ3n) is 5.19. The Labute approximate surface area is 169 Å². The minimum atomic E-state index is -0.472. The number of carbonyl (C=O) groups excluding carboxylic acids is 1. The van der Waals surface area contributed by atoms with E-state index < -0.39 is 4.92 Å². The molecule has 1 saturated heterocycles. The molecule has 3 rings (SSSR count). The monoisotopic (exact) mass is 399 g/mol.